The second-order valence-corrected chi connectivity index (χ2v) is 5.58. The largest absolute Gasteiger partial charge is 0.342 e. The Morgan fingerprint density at radius 1 is 1.23 bits per heavy atom. The Balaban J connectivity index is 1.99. The second kappa shape index (κ2) is 5.96. The molecule has 0 saturated heterocycles. The van der Waals surface area contributed by atoms with Gasteiger partial charge >= 0.3 is 0 Å². The Labute approximate surface area is 136 Å². The van der Waals surface area contributed by atoms with Gasteiger partial charge < -0.3 is 4.57 Å². The molecule has 0 spiro atoms. The maximum Gasteiger partial charge on any atom is 0.276 e. The minimum Gasteiger partial charge on any atom is -0.342 e. The van der Waals surface area contributed by atoms with E-state index in [-0.39, 0.29) is 5.56 Å². The van der Waals surface area contributed by atoms with Gasteiger partial charge in [-0.05, 0) is 29.8 Å². The zero-order valence-corrected chi connectivity index (χ0v) is 12.8. The summed E-state index contributed by atoms with van der Waals surface area (Å²) in [6.07, 6.45) is 3.29. The fourth-order valence-corrected chi connectivity index (χ4v) is 2.55. The molecule has 2 aromatic heterocycles. The standard InChI is InChI=1S/C15H11Cl2N3O2/c16-11-2-1-9(5-12(11)17)8-20-4-3-13-14(20)6-10(7-18-13)15(21)19-22/h1-7,22H,8H2,(H,19,21). The summed E-state index contributed by atoms with van der Waals surface area (Å²) < 4.78 is 1.94. The lowest BCUT2D eigenvalue weighted by Crippen LogP contribution is -2.18. The van der Waals surface area contributed by atoms with Crippen LogP contribution in [-0.2, 0) is 6.54 Å². The number of hydroxylamine groups is 1. The summed E-state index contributed by atoms with van der Waals surface area (Å²) in [5.41, 5.74) is 4.40. The van der Waals surface area contributed by atoms with Gasteiger partial charge in [0.2, 0.25) is 0 Å². The number of benzene rings is 1. The van der Waals surface area contributed by atoms with Crippen LogP contribution in [0, 0.1) is 0 Å². The Morgan fingerprint density at radius 3 is 2.77 bits per heavy atom. The molecule has 112 valence electrons. The highest BCUT2D eigenvalue weighted by atomic mass is 35.5. The number of amides is 1. The predicted octanol–water partition coefficient (Wildman–Crippen LogP) is 3.51. The van der Waals surface area contributed by atoms with E-state index in [9.17, 15) is 4.79 Å². The first-order chi connectivity index (χ1) is 10.6. The molecule has 0 bridgehead atoms. The number of pyridine rings is 1. The molecule has 0 atom stereocenters. The lowest BCUT2D eigenvalue weighted by atomic mass is 10.2. The number of carbonyl (C=O) groups excluding carboxylic acids is 1. The van der Waals surface area contributed by atoms with Crippen LogP contribution >= 0.6 is 23.2 Å². The zero-order valence-electron chi connectivity index (χ0n) is 11.3. The van der Waals surface area contributed by atoms with Gasteiger partial charge in [0.15, 0.2) is 0 Å². The van der Waals surface area contributed by atoms with Gasteiger partial charge in [-0.2, -0.15) is 0 Å². The van der Waals surface area contributed by atoms with Crippen LogP contribution in [0.15, 0.2) is 42.7 Å². The lowest BCUT2D eigenvalue weighted by molar-refractivity contribution is 0.0706. The topological polar surface area (TPSA) is 67.2 Å². The molecule has 2 heterocycles. The van der Waals surface area contributed by atoms with Crippen LogP contribution in [0.3, 0.4) is 0 Å². The smallest absolute Gasteiger partial charge is 0.276 e. The maximum absolute atomic E-state index is 11.5. The first-order valence-electron chi connectivity index (χ1n) is 6.42. The number of carbonyl (C=O) groups is 1. The Bertz CT molecular complexity index is 861. The average Bonchev–Trinajstić information content (AvgIpc) is 2.92. The highest BCUT2D eigenvalue weighted by Crippen LogP contribution is 2.24. The summed E-state index contributed by atoms with van der Waals surface area (Å²) in [6.45, 7) is 0.562. The number of halogens is 2. The summed E-state index contributed by atoms with van der Waals surface area (Å²) in [5, 5.41) is 9.71. The quantitative estimate of drug-likeness (QED) is 0.568. The van der Waals surface area contributed by atoms with Crippen molar-refractivity contribution in [3.63, 3.8) is 0 Å². The molecular weight excluding hydrogens is 325 g/mol. The average molecular weight is 336 g/mol. The van der Waals surface area contributed by atoms with Crippen molar-refractivity contribution in [3.8, 4) is 0 Å². The molecule has 0 unspecified atom stereocenters. The fraction of sp³-hybridized carbons (Fsp3) is 0.0667. The van der Waals surface area contributed by atoms with Crippen LogP contribution < -0.4 is 5.48 Å². The van der Waals surface area contributed by atoms with Crippen molar-refractivity contribution in [1.29, 1.82) is 0 Å². The molecule has 0 aliphatic rings. The van der Waals surface area contributed by atoms with Crippen molar-refractivity contribution in [1.82, 2.24) is 15.0 Å². The summed E-state index contributed by atoms with van der Waals surface area (Å²) in [7, 11) is 0. The highest BCUT2D eigenvalue weighted by Gasteiger charge is 2.09. The van der Waals surface area contributed by atoms with Gasteiger partial charge in [0.1, 0.15) is 0 Å². The third kappa shape index (κ3) is 2.78. The third-order valence-corrected chi connectivity index (χ3v) is 4.06. The van der Waals surface area contributed by atoms with Gasteiger partial charge in [0.05, 0.1) is 26.6 Å². The fourth-order valence-electron chi connectivity index (χ4n) is 2.22. The molecule has 1 aromatic carbocycles. The van der Waals surface area contributed by atoms with Crippen molar-refractivity contribution in [3.05, 3.63) is 63.9 Å². The molecule has 2 N–H and O–H groups in total. The zero-order chi connectivity index (χ0) is 15.7. The minimum absolute atomic E-state index is 0.282. The molecule has 0 radical (unpaired) electrons. The number of hydrogen-bond acceptors (Lipinski definition) is 3. The van der Waals surface area contributed by atoms with E-state index in [0.717, 1.165) is 16.6 Å². The summed E-state index contributed by atoms with van der Waals surface area (Å²) in [6, 6.07) is 8.96. The molecule has 0 fully saturated rings. The molecule has 22 heavy (non-hydrogen) atoms. The van der Waals surface area contributed by atoms with Crippen molar-refractivity contribution >= 4 is 40.1 Å². The number of nitrogens with one attached hydrogen (secondary N) is 1. The number of nitrogens with zero attached hydrogens (tertiary/aromatic N) is 2. The molecule has 3 rings (SSSR count). The molecule has 0 saturated carbocycles. The predicted molar refractivity (Wildman–Crippen MR) is 84.5 cm³/mol. The summed E-state index contributed by atoms with van der Waals surface area (Å²) in [5.74, 6) is -0.600. The van der Waals surface area contributed by atoms with Crippen molar-refractivity contribution in [2.45, 2.75) is 6.54 Å². The van der Waals surface area contributed by atoms with Gasteiger partial charge in [0, 0.05) is 18.9 Å². The van der Waals surface area contributed by atoms with E-state index in [1.165, 1.54) is 6.20 Å². The Kier molecular flexibility index (Phi) is 4.02. The molecule has 3 aromatic rings. The number of hydrogen-bond donors (Lipinski definition) is 2. The van der Waals surface area contributed by atoms with E-state index >= 15 is 0 Å². The molecule has 1 amide bonds. The van der Waals surface area contributed by atoms with Crippen LogP contribution in [0.4, 0.5) is 0 Å². The first kappa shape index (κ1) is 14.8. The van der Waals surface area contributed by atoms with Crippen LogP contribution in [0.25, 0.3) is 11.0 Å². The molecule has 7 heteroatoms. The highest BCUT2D eigenvalue weighted by molar-refractivity contribution is 6.42. The number of aromatic nitrogens is 2. The molecule has 5 nitrogen and oxygen atoms in total. The van der Waals surface area contributed by atoms with Crippen molar-refractivity contribution < 1.29 is 10.0 Å². The van der Waals surface area contributed by atoms with E-state index in [4.69, 9.17) is 28.4 Å². The van der Waals surface area contributed by atoms with Crippen molar-refractivity contribution in [2.24, 2.45) is 0 Å². The normalized spacial score (nSPS) is 10.9. The summed E-state index contributed by atoms with van der Waals surface area (Å²) >= 11 is 11.9. The third-order valence-electron chi connectivity index (χ3n) is 3.32. The lowest BCUT2D eigenvalue weighted by Gasteiger charge is -2.07. The number of fused-ring (bicyclic) bond motifs is 1. The van der Waals surface area contributed by atoms with Gasteiger partial charge in [-0.1, -0.05) is 29.3 Å². The Hall–Kier alpha value is -2.08. The van der Waals surface area contributed by atoms with Gasteiger partial charge in [-0.25, -0.2) is 5.48 Å². The van der Waals surface area contributed by atoms with E-state index in [2.05, 4.69) is 4.98 Å². The van der Waals surface area contributed by atoms with E-state index < -0.39 is 5.91 Å². The molecule has 0 aliphatic heterocycles. The van der Waals surface area contributed by atoms with E-state index in [1.807, 2.05) is 22.9 Å². The van der Waals surface area contributed by atoms with Crippen LogP contribution in [0.2, 0.25) is 10.0 Å². The molecular formula is C15H11Cl2N3O2. The first-order valence-corrected chi connectivity index (χ1v) is 7.17. The monoisotopic (exact) mass is 335 g/mol. The van der Waals surface area contributed by atoms with Crippen LogP contribution in [0.5, 0.6) is 0 Å². The van der Waals surface area contributed by atoms with E-state index in [0.29, 0.717) is 16.6 Å². The van der Waals surface area contributed by atoms with Crippen molar-refractivity contribution in [2.75, 3.05) is 0 Å². The van der Waals surface area contributed by atoms with Gasteiger partial charge in [-0.3, -0.25) is 15.0 Å². The molecule has 0 aliphatic carbocycles. The van der Waals surface area contributed by atoms with Crippen LogP contribution in [0.1, 0.15) is 15.9 Å². The van der Waals surface area contributed by atoms with Gasteiger partial charge in [0.25, 0.3) is 5.91 Å². The SMILES string of the molecule is O=C(NO)c1cnc2ccn(Cc3ccc(Cl)c(Cl)c3)c2c1. The van der Waals surface area contributed by atoms with Gasteiger partial charge in [-0.15, -0.1) is 0 Å². The van der Waals surface area contributed by atoms with Crippen LogP contribution in [-0.4, -0.2) is 20.7 Å². The Morgan fingerprint density at radius 2 is 2.05 bits per heavy atom. The van der Waals surface area contributed by atoms with E-state index in [1.54, 1.807) is 23.7 Å². The maximum atomic E-state index is 11.5. The second-order valence-electron chi connectivity index (χ2n) is 4.76. The number of rotatable bonds is 3. The minimum atomic E-state index is -0.600. The summed E-state index contributed by atoms with van der Waals surface area (Å²) in [4.78, 5) is 15.7.